The first-order valence-corrected chi connectivity index (χ1v) is 12.6. The van der Waals surface area contributed by atoms with Gasteiger partial charge in [-0.05, 0) is 63.8 Å². The van der Waals surface area contributed by atoms with Crippen molar-refractivity contribution in [2.45, 2.75) is 12.8 Å². The Morgan fingerprint density at radius 1 is 0.972 bits per heavy atom. The number of piperazine rings is 1. The van der Waals surface area contributed by atoms with Crippen LogP contribution in [0.25, 0.3) is 27.7 Å². The molecule has 1 N–H and O–H groups in total. The molecule has 0 atom stereocenters. The molecular formula is C27H31N7O2. The van der Waals surface area contributed by atoms with Crippen LogP contribution in [-0.4, -0.2) is 99.3 Å². The lowest BCUT2D eigenvalue weighted by Crippen LogP contribution is -2.47. The zero-order valence-electron chi connectivity index (χ0n) is 20.8. The highest BCUT2D eigenvalue weighted by molar-refractivity contribution is 6.05. The van der Waals surface area contributed by atoms with Crippen molar-refractivity contribution in [3.05, 3.63) is 54.1 Å². The van der Waals surface area contributed by atoms with Gasteiger partial charge in [0.15, 0.2) is 5.78 Å². The van der Waals surface area contributed by atoms with E-state index in [9.17, 15) is 9.59 Å². The number of likely N-dealkylation sites (tertiary alicyclic amines) is 1. The topological polar surface area (TPSA) is 89.8 Å². The average molecular weight is 486 g/mol. The Hall–Kier alpha value is -3.56. The van der Waals surface area contributed by atoms with E-state index in [1.807, 2.05) is 35.5 Å². The number of nitrogens with zero attached hydrogens (tertiary/aromatic N) is 6. The van der Waals surface area contributed by atoms with E-state index in [-0.39, 0.29) is 17.6 Å². The molecule has 0 radical (unpaired) electrons. The van der Waals surface area contributed by atoms with E-state index in [0.29, 0.717) is 11.1 Å². The molecule has 0 unspecified atom stereocenters. The summed E-state index contributed by atoms with van der Waals surface area (Å²) in [5.41, 5.74) is 4.72. The second kappa shape index (κ2) is 9.15. The summed E-state index contributed by atoms with van der Waals surface area (Å²) in [6, 6.07) is 5.94. The van der Waals surface area contributed by atoms with E-state index in [2.05, 4.69) is 39.0 Å². The van der Waals surface area contributed by atoms with E-state index in [1.54, 1.807) is 16.9 Å². The SMILES string of the molecule is CN1CCC(C(=O)c2cnn3ccc(-c4c[nH]c5ncc(C(=O)N6CCN(C)CC6)cc45)cc23)CC1. The van der Waals surface area contributed by atoms with Crippen LogP contribution in [0.5, 0.6) is 0 Å². The largest absolute Gasteiger partial charge is 0.346 e. The van der Waals surface area contributed by atoms with Crippen molar-refractivity contribution in [2.24, 2.45) is 5.92 Å². The number of aromatic nitrogens is 4. The van der Waals surface area contributed by atoms with Gasteiger partial charge < -0.3 is 19.7 Å². The van der Waals surface area contributed by atoms with Crippen LogP contribution in [-0.2, 0) is 0 Å². The summed E-state index contributed by atoms with van der Waals surface area (Å²) < 4.78 is 1.76. The van der Waals surface area contributed by atoms with E-state index in [1.165, 1.54) is 0 Å². The van der Waals surface area contributed by atoms with E-state index in [4.69, 9.17) is 0 Å². The number of H-pyrrole nitrogens is 1. The van der Waals surface area contributed by atoms with Gasteiger partial charge in [-0.1, -0.05) is 0 Å². The molecule has 0 aliphatic carbocycles. The predicted octanol–water partition coefficient (Wildman–Crippen LogP) is 2.79. The van der Waals surface area contributed by atoms with Crippen molar-refractivity contribution < 1.29 is 9.59 Å². The zero-order chi connectivity index (χ0) is 24.8. The monoisotopic (exact) mass is 485 g/mol. The molecule has 36 heavy (non-hydrogen) atoms. The molecule has 6 heterocycles. The van der Waals surface area contributed by atoms with Crippen LogP contribution in [0.4, 0.5) is 0 Å². The van der Waals surface area contributed by atoms with Crippen molar-refractivity contribution in [3.63, 3.8) is 0 Å². The second-order valence-corrected chi connectivity index (χ2v) is 10.2. The lowest BCUT2D eigenvalue weighted by Gasteiger charge is -2.32. The minimum atomic E-state index is 0.0157. The van der Waals surface area contributed by atoms with Gasteiger partial charge in [-0.15, -0.1) is 0 Å². The molecule has 0 saturated carbocycles. The molecule has 4 aromatic rings. The first-order valence-electron chi connectivity index (χ1n) is 12.6. The van der Waals surface area contributed by atoms with Crippen LogP contribution < -0.4 is 0 Å². The summed E-state index contributed by atoms with van der Waals surface area (Å²) in [5, 5.41) is 5.33. The molecule has 9 heteroatoms. The Kier molecular flexibility index (Phi) is 5.81. The fourth-order valence-electron chi connectivity index (χ4n) is 5.38. The van der Waals surface area contributed by atoms with Gasteiger partial charge in [0.05, 0.1) is 22.8 Å². The first kappa shape index (κ1) is 22.9. The number of ketones is 1. The van der Waals surface area contributed by atoms with Crippen LogP contribution in [0.3, 0.4) is 0 Å². The van der Waals surface area contributed by atoms with Crippen molar-refractivity contribution in [1.29, 1.82) is 0 Å². The maximum atomic E-state index is 13.3. The zero-order valence-corrected chi connectivity index (χ0v) is 20.8. The van der Waals surface area contributed by atoms with Gasteiger partial charge in [-0.25, -0.2) is 9.50 Å². The molecule has 2 aliphatic rings. The highest BCUT2D eigenvalue weighted by Crippen LogP contribution is 2.31. The highest BCUT2D eigenvalue weighted by Gasteiger charge is 2.27. The Morgan fingerprint density at radius 2 is 1.72 bits per heavy atom. The Balaban J connectivity index is 1.33. The summed E-state index contributed by atoms with van der Waals surface area (Å²) in [4.78, 5) is 40.7. The van der Waals surface area contributed by atoms with Crippen LogP contribution in [0, 0.1) is 5.92 Å². The van der Waals surface area contributed by atoms with E-state index < -0.39 is 0 Å². The van der Waals surface area contributed by atoms with Gasteiger partial charge in [0.2, 0.25) is 0 Å². The summed E-state index contributed by atoms with van der Waals surface area (Å²) in [7, 11) is 4.17. The predicted molar refractivity (Wildman–Crippen MR) is 138 cm³/mol. The number of pyridine rings is 2. The Labute approximate surface area is 209 Å². The quantitative estimate of drug-likeness (QED) is 0.447. The minimum Gasteiger partial charge on any atom is -0.346 e. The summed E-state index contributed by atoms with van der Waals surface area (Å²) in [6.45, 7) is 5.08. The van der Waals surface area contributed by atoms with Gasteiger partial charge in [0.25, 0.3) is 5.91 Å². The maximum absolute atomic E-state index is 13.3. The third-order valence-electron chi connectivity index (χ3n) is 7.76. The van der Waals surface area contributed by atoms with Crippen LogP contribution in [0.15, 0.2) is 43.0 Å². The molecule has 2 fully saturated rings. The number of Topliss-reactive ketones (excluding diaryl/α,β-unsaturated/α-hetero) is 1. The van der Waals surface area contributed by atoms with Gasteiger partial charge in [0, 0.05) is 61.6 Å². The fourth-order valence-corrected chi connectivity index (χ4v) is 5.38. The van der Waals surface area contributed by atoms with Crippen molar-refractivity contribution >= 4 is 28.2 Å². The number of fused-ring (bicyclic) bond motifs is 2. The molecule has 1 amide bonds. The van der Waals surface area contributed by atoms with Crippen molar-refractivity contribution in [2.75, 3.05) is 53.4 Å². The number of carbonyl (C=O) groups excluding carboxylic acids is 2. The number of nitrogens with one attached hydrogen (secondary N) is 1. The van der Waals surface area contributed by atoms with Crippen LogP contribution >= 0.6 is 0 Å². The number of amides is 1. The van der Waals surface area contributed by atoms with E-state index >= 15 is 0 Å². The molecule has 0 spiro atoms. The number of hydrogen-bond acceptors (Lipinski definition) is 6. The molecule has 2 saturated heterocycles. The van der Waals surface area contributed by atoms with Gasteiger partial charge >= 0.3 is 0 Å². The summed E-state index contributed by atoms with van der Waals surface area (Å²) in [6.07, 6.45) is 8.92. The number of likely N-dealkylation sites (N-methyl/N-ethyl adjacent to an activating group) is 1. The second-order valence-electron chi connectivity index (χ2n) is 10.2. The molecule has 186 valence electrons. The first-order chi connectivity index (χ1) is 17.5. The Bertz CT molecular complexity index is 1440. The molecule has 0 bridgehead atoms. The highest BCUT2D eigenvalue weighted by atomic mass is 16.2. The minimum absolute atomic E-state index is 0.0157. The van der Waals surface area contributed by atoms with Gasteiger partial charge in [-0.3, -0.25) is 9.59 Å². The summed E-state index contributed by atoms with van der Waals surface area (Å²) in [5.74, 6) is 0.232. The molecule has 4 aromatic heterocycles. The van der Waals surface area contributed by atoms with Crippen molar-refractivity contribution in [3.8, 4) is 11.1 Å². The summed E-state index contributed by atoms with van der Waals surface area (Å²) >= 11 is 0. The number of aromatic amines is 1. The number of hydrogen-bond donors (Lipinski definition) is 1. The standard InChI is InChI=1S/C27H31N7O2/c1-31-6-3-18(4-7-31)25(35)23-17-30-34-8-5-19(14-24(23)34)22-16-29-26-21(22)13-20(15-28-26)27(36)33-11-9-32(2)10-12-33/h5,8,13-18H,3-4,6-7,9-12H2,1-2H3,(H,28,29). The third kappa shape index (κ3) is 4.08. The van der Waals surface area contributed by atoms with Gasteiger partial charge in [0.1, 0.15) is 5.65 Å². The molecule has 0 aromatic carbocycles. The normalized spacial score (nSPS) is 18.3. The molecule has 6 rings (SSSR count). The molecule has 9 nitrogen and oxygen atoms in total. The lowest BCUT2D eigenvalue weighted by atomic mass is 9.89. The fraction of sp³-hybridized carbons (Fsp3) is 0.407. The smallest absolute Gasteiger partial charge is 0.255 e. The molecule has 2 aliphatic heterocycles. The Morgan fingerprint density at radius 3 is 2.50 bits per heavy atom. The van der Waals surface area contributed by atoms with Crippen LogP contribution in [0.2, 0.25) is 0 Å². The molecular weight excluding hydrogens is 454 g/mol. The number of piperidine rings is 1. The van der Waals surface area contributed by atoms with Crippen molar-refractivity contribution in [1.82, 2.24) is 34.3 Å². The number of rotatable bonds is 4. The average Bonchev–Trinajstić information content (AvgIpc) is 3.52. The van der Waals surface area contributed by atoms with Gasteiger partial charge in [-0.2, -0.15) is 5.10 Å². The third-order valence-corrected chi connectivity index (χ3v) is 7.76. The van der Waals surface area contributed by atoms with E-state index in [0.717, 1.165) is 79.8 Å². The lowest BCUT2D eigenvalue weighted by molar-refractivity contribution is 0.0663. The van der Waals surface area contributed by atoms with Crippen LogP contribution in [0.1, 0.15) is 33.6 Å². The maximum Gasteiger partial charge on any atom is 0.255 e. The number of carbonyl (C=O) groups is 2.